The van der Waals surface area contributed by atoms with E-state index in [0.29, 0.717) is 129 Å². The summed E-state index contributed by atoms with van der Waals surface area (Å²) in [6.45, 7) is 15.1. The number of anilines is 1. The Hall–Kier alpha value is -6.72. The molecule has 2 spiro atoms. The fourth-order valence-corrected chi connectivity index (χ4v) is 23.5. The van der Waals surface area contributed by atoms with Crippen LogP contribution in [0.2, 0.25) is 0 Å². The third kappa shape index (κ3) is 15.7. The quantitative estimate of drug-likeness (QED) is 0.0235. The Morgan fingerprint density at radius 3 is 1.55 bits per heavy atom. The lowest BCUT2D eigenvalue weighted by molar-refractivity contribution is -0.167. The van der Waals surface area contributed by atoms with E-state index in [-0.39, 0.29) is 78.6 Å². The first-order valence-corrected chi connectivity index (χ1v) is 40.1. The van der Waals surface area contributed by atoms with Gasteiger partial charge < -0.3 is 73.3 Å². The zero-order valence-electron chi connectivity index (χ0n) is 58.8. The minimum Gasteiger partial charge on any atom is -0.444 e. The van der Waals surface area contributed by atoms with Crippen molar-refractivity contribution >= 4 is 113 Å². The molecule has 102 heavy (non-hydrogen) atoms. The molecule has 8 saturated heterocycles. The number of carbonyl (C=O) groups is 9. The van der Waals surface area contributed by atoms with Gasteiger partial charge in [0, 0.05) is 82.9 Å². The molecule has 13 rings (SSSR count). The second kappa shape index (κ2) is 32.7. The van der Waals surface area contributed by atoms with Crippen molar-refractivity contribution in [3.63, 3.8) is 0 Å². The summed E-state index contributed by atoms with van der Waals surface area (Å²) in [6.07, 6.45) is 1.20. The molecule has 0 aromatic heterocycles. The van der Waals surface area contributed by atoms with Gasteiger partial charge in [0.25, 0.3) is 33.7 Å². The Kier molecular flexibility index (Phi) is 25.0. The van der Waals surface area contributed by atoms with Gasteiger partial charge in [0.15, 0.2) is 9.74 Å². The first-order chi connectivity index (χ1) is 48.7. The molecule has 10 aliphatic rings. The summed E-state index contributed by atoms with van der Waals surface area (Å²) in [5.74, 6) is -1.55. The summed E-state index contributed by atoms with van der Waals surface area (Å²) in [4.78, 5) is 119. The molecule has 8 atom stereocenters. The Balaban J connectivity index is 0.000000231. The van der Waals surface area contributed by atoms with E-state index in [1.807, 2.05) is 38.1 Å². The number of nitrogens with one attached hydrogen (secondary N) is 3. The van der Waals surface area contributed by atoms with E-state index in [1.165, 1.54) is 81.7 Å². The van der Waals surface area contributed by atoms with Crippen molar-refractivity contribution in [2.45, 2.75) is 159 Å². The van der Waals surface area contributed by atoms with Gasteiger partial charge in [-0.2, -0.15) is 0 Å². The van der Waals surface area contributed by atoms with Gasteiger partial charge >= 0.3 is 18.4 Å². The molecule has 3 N–H and O–H groups in total. The van der Waals surface area contributed by atoms with Crippen molar-refractivity contribution in [1.29, 1.82) is 0 Å². The largest absolute Gasteiger partial charge is 0.508 e. The SMILES string of the molecule is CCCOCCOCCNC(=O)CCCCOC(=O)OC[C@]12SS[C@@]3(C[C@]4(C)c5ccccc5C[C@@H]4N3C1=O)C(=O)N2C.CN1C(=O)[C@@]23C[C@]4(C)c5ccccc5N(S(=O)(=O)c5ccccc5)[C@@H]4N2C(=O)[C@]1(COC(=O)OCCCCC(=O)NCCOCCOCCNC(=O)OC(C)(C)C)SS3. The maximum Gasteiger partial charge on any atom is 0.508 e. The van der Waals surface area contributed by atoms with Crippen LogP contribution in [0, 0.1) is 0 Å². The van der Waals surface area contributed by atoms with Gasteiger partial charge in [-0.05, 0) is 116 Å². The number of ether oxygens (including phenoxy) is 9. The van der Waals surface area contributed by atoms with Crippen molar-refractivity contribution in [1.82, 2.24) is 35.6 Å². The van der Waals surface area contributed by atoms with Crippen LogP contribution in [0.15, 0.2) is 83.8 Å². The number of hydrogen-bond acceptors (Lipinski definition) is 24. The minimum atomic E-state index is -4.21. The van der Waals surface area contributed by atoms with Crippen molar-refractivity contribution < 1.29 is 94.2 Å². The van der Waals surface area contributed by atoms with Gasteiger partial charge in [0.05, 0.1) is 70.0 Å². The number of carbonyl (C=O) groups excluding carboxylic acids is 9. The normalized spacial score (nSPS) is 26.1. The monoisotopic (exact) mass is 1510 g/mol. The van der Waals surface area contributed by atoms with Crippen molar-refractivity contribution in [3.8, 4) is 0 Å². The molecule has 0 unspecified atom stereocenters. The second-order valence-corrected chi connectivity index (χ2v) is 34.6. The summed E-state index contributed by atoms with van der Waals surface area (Å²) in [5.41, 5.74) is 1.72. The fraction of sp³-hybridized carbons (Fsp3) is 0.609. The number of amides is 7. The van der Waals surface area contributed by atoms with Crippen LogP contribution in [0.1, 0.15) is 116 Å². The number of alkyl carbamates (subject to hydrolysis) is 1. The predicted molar refractivity (Wildman–Crippen MR) is 381 cm³/mol. The van der Waals surface area contributed by atoms with Gasteiger partial charge in [-0.25, -0.2) is 27.1 Å². The van der Waals surface area contributed by atoms with Crippen LogP contribution in [0.5, 0.6) is 0 Å². The highest BCUT2D eigenvalue weighted by molar-refractivity contribution is 8.78. The van der Waals surface area contributed by atoms with Crippen LogP contribution in [0.4, 0.5) is 20.1 Å². The number of likely N-dealkylation sites (N-methyl/N-ethyl adjacent to an activating group) is 2. The molecule has 4 bridgehead atoms. The molecule has 8 fully saturated rings. The standard InChI is InChI=1S/C39H51N5O12S3.C30H41N3O8S2/c1-36(2,3)56-34(48)41-19-22-53-24-23-52-21-18-40-30(45)17-11-12-20-54-35(49)55-26-39-33(47)43-31-37(4,25-38(43,57-58-39)32(46)42(39)5)28-15-9-10-16-29(28)44(31)59(50,51)27-13-7-6-8-14-27;1-4-13-38-16-17-39-15-12-31-24(34)11-7-8-14-40-27(37)41-20-30-26(36)33-23-18-21-9-5-6-10-22(21)28(23,2)19-29(33,42-43-30)25(35)32(30)3/h6-10,13-16,31H,11-12,17-26H2,1-5H3,(H,40,45)(H,41,48);5-6,9-10,23H,4,7-8,11-20H2,1-3H3,(H,31,34)/t31-,37+,38-,39-;23-,28+,29-,30-/m00/s1. The summed E-state index contributed by atoms with van der Waals surface area (Å²) in [5, 5.41) is 8.15. The molecule has 33 heteroatoms. The fourth-order valence-electron chi connectivity index (χ4n) is 14.3. The van der Waals surface area contributed by atoms with E-state index in [9.17, 15) is 51.6 Å². The molecule has 0 radical (unpaired) electrons. The van der Waals surface area contributed by atoms with Crippen LogP contribution in [-0.4, -0.2) is 232 Å². The number of unbranched alkanes of at least 4 members (excludes halogenated alkanes) is 2. The molecular formula is C69H92N8O20S5. The lowest BCUT2D eigenvalue weighted by atomic mass is 9.79. The molecule has 28 nitrogen and oxygen atoms in total. The van der Waals surface area contributed by atoms with E-state index in [2.05, 4.69) is 35.0 Å². The highest BCUT2D eigenvalue weighted by Gasteiger charge is 2.80. The number of piperazine rings is 2. The van der Waals surface area contributed by atoms with Crippen molar-refractivity contribution in [2.75, 3.05) is 117 Å². The molecule has 0 saturated carbocycles. The van der Waals surface area contributed by atoms with Crippen molar-refractivity contribution in [2.24, 2.45) is 0 Å². The number of hydrogen-bond donors (Lipinski definition) is 3. The van der Waals surface area contributed by atoms with Crippen LogP contribution < -0.4 is 20.3 Å². The second-order valence-electron chi connectivity index (χ2n) is 27.4. The number of benzene rings is 3. The molecule has 9 aliphatic heterocycles. The summed E-state index contributed by atoms with van der Waals surface area (Å²) in [7, 11) is 3.92. The highest BCUT2D eigenvalue weighted by atomic mass is 33.1. The average molecular weight is 1510 g/mol. The number of para-hydroxylation sites is 1. The Bertz CT molecular complexity index is 3710. The van der Waals surface area contributed by atoms with Crippen LogP contribution in [-0.2, 0) is 98.7 Å². The third-order valence-electron chi connectivity index (χ3n) is 19.2. The molecular weight excluding hydrogens is 1420 g/mol. The minimum absolute atomic E-state index is 0.0413. The van der Waals surface area contributed by atoms with E-state index < -0.39 is 77.6 Å². The summed E-state index contributed by atoms with van der Waals surface area (Å²) in [6, 6.07) is 23.2. The molecule has 1 aliphatic carbocycles. The number of fused-ring (bicyclic) bond motifs is 10. The Labute approximate surface area is 610 Å². The van der Waals surface area contributed by atoms with Gasteiger partial charge in [0.2, 0.25) is 21.6 Å². The number of nitrogens with zero attached hydrogens (tertiary/aromatic N) is 5. The van der Waals surface area contributed by atoms with Crippen LogP contribution >= 0.6 is 43.2 Å². The first-order valence-electron chi connectivity index (χ1n) is 34.3. The van der Waals surface area contributed by atoms with Crippen LogP contribution in [0.3, 0.4) is 0 Å². The lowest BCUT2D eigenvalue weighted by Gasteiger charge is -2.58. The summed E-state index contributed by atoms with van der Waals surface area (Å²) < 4.78 is 78.1. The zero-order chi connectivity index (χ0) is 73.3. The van der Waals surface area contributed by atoms with Gasteiger partial charge in [-0.3, -0.25) is 33.7 Å². The Morgan fingerprint density at radius 1 is 0.539 bits per heavy atom. The number of rotatable bonds is 33. The third-order valence-corrected chi connectivity index (χ3v) is 28.3. The first kappa shape index (κ1) is 77.9. The Morgan fingerprint density at radius 2 is 1.01 bits per heavy atom. The predicted octanol–water partition coefficient (Wildman–Crippen LogP) is 7.21. The molecule has 9 heterocycles. The zero-order valence-corrected chi connectivity index (χ0v) is 62.9. The maximum atomic E-state index is 14.8. The topological polar surface area (TPSA) is 323 Å². The smallest absolute Gasteiger partial charge is 0.444 e. The molecule has 7 amide bonds. The van der Waals surface area contributed by atoms with E-state index in [0.717, 1.165) is 17.2 Å². The van der Waals surface area contributed by atoms with Gasteiger partial charge in [0.1, 0.15) is 25.0 Å². The highest BCUT2D eigenvalue weighted by Crippen LogP contribution is 2.71. The van der Waals surface area contributed by atoms with E-state index in [4.69, 9.17) is 42.6 Å². The van der Waals surface area contributed by atoms with Gasteiger partial charge in [-0.15, -0.1) is 0 Å². The summed E-state index contributed by atoms with van der Waals surface area (Å²) >= 11 is 0. The molecule has 3 aromatic carbocycles. The van der Waals surface area contributed by atoms with E-state index >= 15 is 0 Å². The van der Waals surface area contributed by atoms with Crippen molar-refractivity contribution in [3.05, 3.63) is 95.6 Å². The number of sulfonamides is 1. The lowest BCUT2D eigenvalue weighted by Crippen LogP contribution is -2.78. The molecule has 558 valence electrons. The van der Waals surface area contributed by atoms with Crippen LogP contribution in [0.25, 0.3) is 0 Å². The van der Waals surface area contributed by atoms with Gasteiger partial charge in [-0.1, -0.05) is 103 Å². The van der Waals surface area contributed by atoms with E-state index in [1.54, 1.807) is 63.1 Å². The molecule has 3 aromatic rings. The average Bonchev–Trinajstić information content (AvgIpc) is 1.48. The maximum absolute atomic E-state index is 14.8.